The first kappa shape index (κ1) is 11.5. The molecule has 1 aromatic rings. The van der Waals surface area contributed by atoms with Crippen molar-refractivity contribution in [3.05, 3.63) is 24.3 Å². The van der Waals surface area contributed by atoms with Crippen molar-refractivity contribution in [2.45, 2.75) is 44.3 Å². The van der Waals surface area contributed by atoms with E-state index < -0.39 is 12.2 Å². The molecule has 1 aliphatic carbocycles. The number of aliphatic hydroxyl groups excluding tert-OH is 2. The topological polar surface area (TPSA) is 66.2 Å². The molecule has 0 amide bonds. The Morgan fingerprint density at radius 3 is 2.50 bits per heavy atom. The van der Waals surface area contributed by atoms with Gasteiger partial charge in [0.2, 0.25) is 0 Å². The molecule has 0 aliphatic heterocycles. The zero-order chi connectivity index (χ0) is 11.4. The van der Waals surface area contributed by atoms with Crippen LogP contribution in [0.1, 0.15) is 43.9 Å². The second-order valence-corrected chi connectivity index (χ2v) is 4.46. The Labute approximate surface area is 95.4 Å². The molecule has 1 saturated carbocycles. The van der Waals surface area contributed by atoms with Crippen LogP contribution in [0.4, 0.5) is 0 Å². The molecule has 88 valence electrons. The number of hydrogen-bond acceptors (Lipinski definition) is 4. The molecular weight excluding hydrogens is 204 g/mol. The summed E-state index contributed by atoms with van der Waals surface area (Å²) in [6.07, 6.45) is 8.52. The summed E-state index contributed by atoms with van der Waals surface area (Å²) >= 11 is 0. The van der Waals surface area contributed by atoms with Gasteiger partial charge in [0.15, 0.2) is 0 Å². The molecule has 0 spiro atoms. The lowest BCUT2D eigenvalue weighted by Gasteiger charge is -2.29. The molecule has 1 aliphatic rings. The van der Waals surface area contributed by atoms with E-state index in [4.69, 9.17) is 0 Å². The Bertz CT molecular complexity index is 312. The van der Waals surface area contributed by atoms with Crippen molar-refractivity contribution in [1.29, 1.82) is 0 Å². The van der Waals surface area contributed by atoms with E-state index in [1.807, 2.05) is 0 Å². The summed E-state index contributed by atoms with van der Waals surface area (Å²) in [5.41, 5.74) is 0.459. The summed E-state index contributed by atoms with van der Waals surface area (Å²) in [4.78, 5) is 7.92. The van der Waals surface area contributed by atoms with Crippen molar-refractivity contribution >= 4 is 0 Å². The monoisotopic (exact) mass is 222 g/mol. The van der Waals surface area contributed by atoms with Gasteiger partial charge in [0, 0.05) is 12.4 Å². The third-order valence-electron chi connectivity index (χ3n) is 3.34. The van der Waals surface area contributed by atoms with Gasteiger partial charge in [0.1, 0.15) is 6.10 Å². The van der Waals surface area contributed by atoms with Crippen molar-refractivity contribution < 1.29 is 10.2 Å². The Balaban J connectivity index is 2.00. The van der Waals surface area contributed by atoms with Gasteiger partial charge in [-0.15, -0.1) is 0 Å². The van der Waals surface area contributed by atoms with Gasteiger partial charge in [-0.25, -0.2) is 0 Å². The first-order valence-corrected chi connectivity index (χ1v) is 5.91. The van der Waals surface area contributed by atoms with E-state index >= 15 is 0 Å². The smallest absolute Gasteiger partial charge is 0.124 e. The summed E-state index contributed by atoms with van der Waals surface area (Å²) < 4.78 is 0. The molecule has 1 heterocycles. The SMILES string of the molecule is OC(c1cnccn1)C(O)C1CCCCC1. The minimum absolute atomic E-state index is 0.200. The van der Waals surface area contributed by atoms with E-state index in [1.54, 1.807) is 6.20 Å². The Morgan fingerprint density at radius 2 is 1.88 bits per heavy atom. The molecule has 2 rings (SSSR count). The zero-order valence-corrected chi connectivity index (χ0v) is 9.29. The normalized spacial score (nSPS) is 21.6. The fourth-order valence-electron chi connectivity index (χ4n) is 2.37. The molecule has 1 fully saturated rings. The van der Waals surface area contributed by atoms with E-state index in [-0.39, 0.29) is 5.92 Å². The van der Waals surface area contributed by atoms with Crippen LogP contribution in [-0.4, -0.2) is 26.3 Å². The van der Waals surface area contributed by atoms with E-state index in [9.17, 15) is 10.2 Å². The van der Waals surface area contributed by atoms with Crippen molar-refractivity contribution in [3.63, 3.8) is 0 Å². The molecule has 0 aromatic carbocycles. The quantitative estimate of drug-likeness (QED) is 0.812. The maximum absolute atomic E-state index is 10.1. The van der Waals surface area contributed by atoms with Crippen LogP contribution in [0.15, 0.2) is 18.6 Å². The third kappa shape index (κ3) is 2.57. The number of rotatable bonds is 3. The zero-order valence-electron chi connectivity index (χ0n) is 9.29. The van der Waals surface area contributed by atoms with Crippen LogP contribution >= 0.6 is 0 Å². The fraction of sp³-hybridized carbons (Fsp3) is 0.667. The average Bonchev–Trinajstić information content (AvgIpc) is 2.39. The predicted octanol–water partition coefficient (Wildman–Crippen LogP) is 1.45. The van der Waals surface area contributed by atoms with Crippen LogP contribution in [0.2, 0.25) is 0 Å². The minimum atomic E-state index is -0.906. The van der Waals surface area contributed by atoms with Crippen LogP contribution in [0.5, 0.6) is 0 Å². The van der Waals surface area contributed by atoms with Gasteiger partial charge in [-0.1, -0.05) is 19.3 Å². The lowest BCUT2D eigenvalue weighted by molar-refractivity contribution is -0.0307. The van der Waals surface area contributed by atoms with Gasteiger partial charge in [-0.2, -0.15) is 0 Å². The summed E-state index contributed by atoms with van der Waals surface area (Å²) in [5, 5.41) is 20.1. The number of aromatic nitrogens is 2. The van der Waals surface area contributed by atoms with E-state index in [1.165, 1.54) is 18.8 Å². The summed E-state index contributed by atoms with van der Waals surface area (Å²) in [6, 6.07) is 0. The van der Waals surface area contributed by atoms with Gasteiger partial charge >= 0.3 is 0 Å². The summed E-state index contributed by atoms with van der Waals surface area (Å²) in [6.45, 7) is 0. The van der Waals surface area contributed by atoms with Crippen LogP contribution in [-0.2, 0) is 0 Å². The van der Waals surface area contributed by atoms with Gasteiger partial charge < -0.3 is 10.2 Å². The van der Waals surface area contributed by atoms with Gasteiger partial charge in [0.25, 0.3) is 0 Å². The molecule has 4 heteroatoms. The molecule has 16 heavy (non-hydrogen) atoms. The van der Waals surface area contributed by atoms with E-state index in [2.05, 4.69) is 9.97 Å². The fourth-order valence-corrected chi connectivity index (χ4v) is 2.37. The summed E-state index contributed by atoms with van der Waals surface area (Å²) in [7, 11) is 0. The molecular formula is C12H18N2O2. The average molecular weight is 222 g/mol. The highest BCUT2D eigenvalue weighted by atomic mass is 16.3. The first-order valence-electron chi connectivity index (χ1n) is 5.91. The lowest BCUT2D eigenvalue weighted by atomic mass is 9.83. The third-order valence-corrected chi connectivity index (χ3v) is 3.34. The second kappa shape index (κ2) is 5.37. The molecule has 2 atom stereocenters. The molecule has 0 saturated heterocycles. The van der Waals surface area contributed by atoms with Crippen molar-refractivity contribution in [2.24, 2.45) is 5.92 Å². The number of hydrogen-bond donors (Lipinski definition) is 2. The Hall–Kier alpha value is -1.00. The molecule has 0 radical (unpaired) electrons. The van der Waals surface area contributed by atoms with E-state index in [0.717, 1.165) is 25.7 Å². The van der Waals surface area contributed by atoms with Crippen molar-refractivity contribution in [2.75, 3.05) is 0 Å². The Kier molecular flexibility index (Phi) is 3.85. The highest BCUT2D eigenvalue weighted by molar-refractivity contribution is 5.02. The predicted molar refractivity (Wildman–Crippen MR) is 59.6 cm³/mol. The Morgan fingerprint density at radius 1 is 1.12 bits per heavy atom. The molecule has 2 N–H and O–H groups in total. The molecule has 2 unspecified atom stereocenters. The molecule has 0 bridgehead atoms. The van der Waals surface area contributed by atoms with E-state index in [0.29, 0.717) is 5.69 Å². The van der Waals surface area contributed by atoms with Gasteiger partial charge in [0.05, 0.1) is 18.0 Å². The molecule has 1 aromatic heterocycles. The minimum Gasteiger partial charge on any atom is -0.390 e. The second-order valence-electron chi connectivity index (χ2n) is 4.46. The van der Waals surface area contributed by atoms with Crippen LogP contribution in [0.25, 0.3) is 0 Å². The van der Waals surface area contributed by atoms with Crippen molar-refractivity contribution in [3.8, 4) is 0 Å². The highest BCUT2D eigenvalue weighted by Gasteiger charge is 2.29. The number of nitrogens with zero attached hydrogens (tertiary/aromatic N) is 2. The highest BCUT2D eigenvalue weighted by Crippen LogP contribution is 2.31. The molecule has 4 nitrogen and oxygen atoms in total. The number of aliphatic hydroxyl groups is 2. The summed E-state index contributed by atoms with van der Waals surface area (Å²) in [5.74, 6) is 0.200. The van der Waals surface area contributed by atoms with Crippen LogP contribution < -0.4 is 0 Å². The first-order chi connectivity index (χ1) is 7.79. The van der Waals surface area contributed by atoms with Crippen LogP contribution in [0.3, 0.4) is 0 Å². The van der Waals surface area contributed by atoms with Crippen LogP contribution in [0, 0.1) is 5.92 Å². The lowest BCUT2D eigenvalue weighted by Crippen LogP contribution is -2.29. The maximum Gasteiger partial charge on any atom is 0.124 e. The van der Waals surface area contributed by atoms with Crippen molar-refractivity contribution in [1.82, 2.24) is 9.97 Å². The van der Waals surface area contributed by atoms with Gasteiger partial charge in [-0.05, 0) is 18.8 Å². The van der Waals surface area contributed by atoms with Gasteiger partial charge in [-0.3, -0.25) is 9.97 Å². The largest absolute Gasteiger partial charge is 0.390 e. The maximum atomic E-state index is 10.1. The standard InChI is InChI=1S/C12H18N2O2/c15-11(9-4-2-1-3-5-9)12(16)10-8-13-6-7-14-10/h6-9,11-12,15-16H,1-5H2.